The molecule has 2 amide bonds. The average molecular weight is 313 g/mol. The van der Waals surface area contributed by atoms with E-state index in [2.05, 4.69) is 18.7 Å². The molecule has 0 atom stereocenters. The van der Waals surface area contributed by atoms with E-state index in [0.717, 1.165) is 32.5 Å². The summed E-state index contributed by atoms with van der Waals surface area (Å²) in [5.41, 5.74) is 0. The molecular formula is C16H31N3O3. The summed E-state index contributed by atoms with van der Waals surface area (Å²) in [6, 6.07) is 0. The summed E-state index contributed by atoms with van der Waals surface area (Å²) in [6.07, 6.45) is 2.53. The summed E-state index contributed by atoms with van der Waals surface area (Å²) in [5, 5.41) is 0. The van der Waals surface area contributed by atoms with Crippen LogP contribution in [0.4, 0.5) is 4.79 Å². The average Bonchev–Trinajstić information content (AvgIpc) is 2.53. The summed E-state index contributed by atoms with van der Waals surface area (Å²) in [7, 11) is 0. The molecule has 6 heteroatoms. The smallest absolute Gasteiger partial charge is 0.409 e. The molecule has 1 saturated heterocycles. The van der Waals surface area contributed by atoms with Gasteiger partial charge in [0.25, 0.3) is 0 Å². The van der Waals surface area contributed by atoms with Crippen LogP contribution < -0.4 is 0 Å². The Balaban J connectivity index is 2.31. The third-order valence-corrected chi connectivity index (χ3v) is 3.88. The van der Waals surface area contributed by atoms with E-state index >= 15 is 0 Å². The fourth-order valence-corrected chi connectivity index (χ4v) is 2.73. The van der Waals surface area contributed by atoms with E-state index in [1.807, 2.05) is 4.90 Å². The Labute approximate surface area is 134 Å². The lowest BCUT2D eigenvalue weighted by atomic mass is 10.2. The van der Waals surface area contributed by atoms with Gasteiger partial charge >= 0.3 is 6.09 Å². The highest BCUT2D eigenvalue weighted by molar-refractivity contribution is 5.77. The minimum absolute atomic E-state index is 0.195. The molecule has 0 spiro atoms. The van der Waals surface area contributed by atoms with Crippen molar-refractivity contribution in [2.75, 3.05) is 52.4 Å². The number of piperazine rings is 1. The van der Waals surface area contributed by atoms with Gasteiger partial charge in [0, 0.05) is 39.1 Å². The quantitative estimate of drug-likeness (QED) is 0.686. The second kappa shape index (κ2) is 10.4. The second-order valence-electron chi connectivity index (χ2n) is 5.66. The van der Waals surface area contributed by atoms with E-state index in [4.69, 9.17) is 4.74 Å². The molecule has 1 aliphatic heterocycles. The van der Waals surface area contributed by atoms with Crippen LogP contribution in [-0.2, 0) is 9.53 Å². The van der Waals surface area contributed by atoms with Crippen molar-refractivity contribution in [3.63, 3.8) is 0 Å². The Hall–Kier alpha value is -1.30. The number of amides is 2. The van der Waals surface area contributed by atoms with Crippen molar-refractivity contribution in [1.29, 1.82) is 0 Å². The zero-order valence-corrected chi connectivity index (χ0v) is 14.3. The maximum absolute atomic E-state index is 12.3. The van der Waals surface area contributed by atoms with E-state index in [0.29, 0.717) is 39.2 Å². The van der Waals surface area contributed by atoms with Gasteiger partial charge < -0.3 is 19.4 Å². The van der Waals surface area contributed by atoms with Gasteiger partial charge in [-0.1, -0.05) is 13.8 Å². The fraction of sp³-hybridized carbons (Fsp3) is 0.875. The van der Waals surface area contributed by atoms with Gasteiger partial charge in [-0.3, -0.25) is 4.79 Å². The molecule has 0 N–H and O–H groups in total. The molecule has 1 rings (SSSR count). The number of carbonyl (C=O) groups excluding carboxylic acids is 2. The van der Waals surface area contributed by atoms with Gasteiger partial charge in [0.15, 0.2) is 0 Å². The molecule has 1 aliphatic rings. The van der Waals surface area contributed by atoms with E-state index < -0.39 is 0 Å². The molecule has 128 valence electrons. The number of nitrogens with zero attached hydrogens (tertiary/aromatic N) is 3. The molecule has 0 bridgehead atoms. The normalized spacial score (nSPS) is 15.3. The minimum Gasteiger partial charge on any atom is -0.450 e. The lowest BCUT2D eigenvalue weighted by Gasteiger charge is -2.34. The van der Waals surface area contributed by atoms with Crippen molar-refractivity contribution < 1.29 is 14.3 Å². The van der Waals surface area contributed by atoms with Gasteiger partial charge in [-0.05, 0) is 32.9 Å². The van der Waals surface area contributed by atoms with Crippen molar-refractivity contribution in [2.45, 2.75) is 40.0 Å². The number of ether oxygens (including phenoxy) is 1. The molecule has 1 fully saturated rings. The van der Waals surface area contributed by atoms with Gasteiger partial charge in [0.2, 0.25) is 5.91 Å². The third-order valence-electron chi connectivity index (χ3n) is 3.88. The lowest BCUT2D eigenvalue weighted by molar-refractivity contribution is -0.133. The van der Waals surface area contributed by atoms with E-state index in [1.165, 1.54) is 0 Å². The van der Waals surface area contributed by atoms with Crippen LogP contribution in [0.3, 0.4) is 0 Å². The van der Waals surface area contributed by atoms with Crippen molar-refractivity contribution >= 4 is 12.0 Å². The van der Waals surface area contributed by atoms with Gasteiger partial charge in [-0.2, -0.15) is 0 Å². The van der Waals surface area contributed by atoms with Crippen molar-refractivity contribution in [2.24, 2.45) is 0 Å². The van der Waals surface area contributed by atoms with E-state index in [-0.39, 0.29) is 12.0 Å². The molecule has 0 aromatic heterocycles. The Morgan fingerprint density at radius 1 is 0.909 bits per heavy atom. The summed E-state index contributed by atoms with van der Waals surface area (Å²) in [4.78, 5) is 29.8. The highest BCUT2D eigenvalue weighted by Gasteiger charge is 2.24. The van der Waals surface area contributed by atoms with Crippen LogP contribution in [0, 0.1) is 0 Å². The Kier molecular flexibility index (Phi) is 8.89. The Morgan fingerprint density at radius 3 is 1.95 bits per heavy atom. The number of rotatable bonds is 8. The molecule has 0 aliphatic carbocycles. The second-order valence-corrected chi connectivity index (χ2v) is 5.66. The van der Waals surface area contributed by atoms with Gasteiger partial charge in [0.05, 0.1) is 6.61 Å². The molecule has 0 saturated carbocycles. The van der Waals surface area contributed by atoms with Crippen molar-refractivity contribution in [3.05, 3.63) is 0 Å². The molecule has 6 nitrogen and oxygen atoms in total. The number of hydrogen-bond donors (Lipinski definition) is 0. The summed E-state index contributed by atoms with van der Waals surface area (Å²) < 4.78 is 4.99. The lowest BCUT2D eigenvalue weighted by Crippen LogP contribution is -2.51. The topological polar surface area (TPSA) is 53.1 Å². The van der Waals surface area contributed by atoms with Crippen LogP contribution in [0.2, 0.25) is 0 Å². The third kappa shape index (κ3) is 6.22. The first-order valence-electron chi connectivity index (χ1n) is 8.54. The monoisotopic (exact) mass is 313 g/mol. The van der Waals surface area contributed by atoms with E-state index in [1.54, 1.807) is 11.8 Å². The summed E-state index contributed by atoms with van der Waals surface area (Å²) in [6.45, 7) is 11.8. The molecule has 0 unspecified atom stereocenters. The summed E-state index contributed by atoms with van der Waals surface area (Å²) in [5.74, 6) is 0.195. The van der Waals surface area contributed by atoms with Crippen LogP contribution in [0.15, 0.2) is 0 Å². The van der Waals surface area contributed by atoms with Crippen molar-refractivity contribution in [3.8, 4) is 0 Å². The predicted molar refractivity (Wildman–Crippen MR) is 86.8 cm³/mol. The van der Waals surface area contributed by atoms with Crippen molar-refractivity contribution in [1.82, 2.24) is 14.7 Å². The molecule has 0 aromatic carbocycles. The molecule has 0 aromatic rings. The van der Waals surface area contributed by atoms with Gasteiger partial charge in [-0.15, -0.1) is 0 Å². The zero-order chi connectivity index (χ0) is 16.4. The van der Waals surface area contributed by atoms with E-state index in [9.17, 15) is 9.59 Å². The first-order chi connectivity index (χ1) is 10.6. The first-order valence-corrected chi connectivity index (χ1v) is 8.54. The molecule has 0 radical (unpaired) electrons. The van der Waals surface area contributed by atoms with Crippen LogP contribution in [0.25, 0.3) is 0 Å². The summed E-state index contributed by atoms with van der Waals surface area (Å²) >= 11 is 0. The van der Waals surface area contributed by atoms with Crippen LogP contribution >= 0.6 is 0 Å². The predicted octanol–water partition coefficient (Wildman–Crippen LogP) is 1.80. The number of carbonyl (C=O) groups is 2. The zero-order valence-electron chi connectivity index (χ0n) is 14.3. The first kappa shape index (κ1) is 18.7. The highest BCUT2D eigenvalue weighted by atomic mass is 16.6. The standard InChI is InChI=1S/C16H31N3O3/c1-4-8-17(9-5-2)10-7-15(20)18-11-13-19(14-12-18)16(21)22-6-3/h4-14H2,1-3H3. The van der Waals surface area contributed by atoms with Gasteiger partial charge in [-0.25, -0.2) is 4.79 Å². The molecular weight excluding hydrogens is 282 g/mol. The Morgan fingerprint density at radius 2 is 1.45 bits per heavy atom. The Bertz CT molecular complexity index is 336. The highest BCUT2D eigenvalue weighted by Crippen LogP contribution is 2.06. The molecule has 22 heavy (non-hydrogen) atoms. The maximum atomic E-state index is 12.3. The maximum Gasteiger partial charge on any atom is 0.409 e. The fourth-order valence-electron chi connectivity index (χ4n) is 2.73. The SMILES string of the molecule is CCCN(CCC)CCC(=O)N1CCN(C(=O)OCC)CC1. The van der Waals surface area contributed by atoms with Crippen LogP contribution in [0.1, 0.15) is 40.0 Å². The van der Waals surface area contributed by atoms with Crippen LogP contribution in [-0.4, -0.2) is 79.1 Å². The van der Waals surface area contributed by atoms with Gasteiger partial charge in [0.1, 0.15) is 0 Å². The minimum atomic E-state index is -0.272. The molecule has 1 heterocycles. The largest absolute Gasteiger partial charge is 0.450 e. The van der Waals surface area contributed by atoms with Crippen LogP contribution in [0.5, 0.6) is 0 Å². The number of hydrogen-bond acceptors (Lipinski definition) is 4.